The Labute approximate surface area is 104 Å². The van der Waals surface area contributed by atoms with Gasteiger partial charge in [0.05, 0.1) is 6.61 Å². The van der Waals surface area contributed by atoms with E-state index in [9.17, 15) is 5.11 Å². The van der Waals surface area contributed by atoms with Crippen molar-refractivity contribution in [1.29, 1.82) is 0 Å². The van der Waals surface area contributed by atoms with Gasteiger partial charge in [0.15, 0.2) is 6.29 Å². The fourth-order valence-corrected chi connectivity index (χ4v) is 3.85. The summed E-state index contributed by atoms with van der Waals surface area (Å²) < 4.78 is 11.4. The SMILES string of the molecule is CO[C@@]12COC(O)[C@@]1(C)CCC2CC(C)(C)C. The molecule has 17 heavy (non-hydrogen) atoms. The van der Waals surface area contributed by atoms with E-state index in [0.29, 0.717) is 12.5 Å². The summed E-state index contributed by atoms with van der Waals surface area (Å²) in [5.41, 5.74) is -0.244. The molecule has 3 heteroatoms. The number of hydrogen-bond donors (Lipinski definition) is 1. The van der Waals surface area contributed by atoms with Crippen LogP contribution in [0.3, 0.4) is 0 Å². The Kier molecular flexibility index (Phi) is 3.08. The molecular weight excluding hydrogens is 216 g/mol. The predicted molar refractivity (Wildman–Crippen MR) is 66.6 cm³/mol. The smallest absolute Gasteiger partial charge is 0.162 e. The number of methoxy groups -OCH3 is 1. The summed E-state index contributed by atoms with van der Waals surface area (Å²) in [7, 11) is 1.76. The fourth-order valence-electron chi connectivity index (χ4n) is 3.85. The van der Waals surface area contributed by atoms with E-state index in [1.165, 1.54) is 0 Å². The van der Waals surface area contributed by atoms with Crippen LogP contribution in [0.1, 0.15) is 47.0 Å². The Morgan fingerprint density at radius 3 is 2.59 bits per heavy atom. The molecular formula is C14H26O3. The van der Waals surface area contributed by atoms with Gasteiger partial charge in [0, 0.05) is 12.5 Å². The lowest BCUT2D eigenvalue weighted by atomic mass is 9.70. The Bertz CT molecular complexity index is 296. The van der Waals surface area contributed by atoms with E-state index in [-0.39, 0.29) is 16.4 Å². The summed E-state index contributed by atoms with van der Waals surface area (Å²) >= 11 is 0. The molecule has 2 rings (SSSR count). The molecule has 1 saturated carbocycles. The van der Waals surface area contributed by atoms with Crippen LogP contribution in [0.4, 0.5) is 0 Å². The first-order valence-corrected chi connectivity index (χ1v) is 6.60. The van der Waals surface area contributed by atoms with Crippen molar-refractivity contribution in [2.24, 2.45) is 16.7 Å². The summed E-state index contributed by atoms with van der Waals surface area (Å²) in [5.74, 6) is 0.481. The average Bonchev–Trinajstić information content (AvgIpc) is 2.62. The lowest BCUT2D eigenvalue weighted by molar-refractivity contribution is -0.133. The van der Waals surface area contributed by atoms with Gasteiger partial charge >= 0.3 is 0 Å². The molecule has 0 bridgehead atoms. The second-order valence-corrected chi connectivity index (χ2v) is 7.17. The van der Waals surface area contributed by atoms with Crippen molar-refractivity contribution in [1.82, 2.24) is 0 Å². The third-order valence-electron chi connectivity index (χ3n) is 4.86. The van der Waals surface area contributed by atoms with Crippen LogP contribution in [0.25, 0.3) is 0 Å². The molecule has 0 amide bonds. The van der Waals surface area contributed by atoms with Gasteiger partial charge in [-0.3, -0.25) is 0 Å². The van der Waals surface area contributed by atoms with Crippen molar-refractivity contribution in [2.75, 3.05) is 13.7 Å². The van der Waals surface area contributed by atoms with Crippen LogP contribution in [0.15, 0.2) is 0 Å². The highest BCUT2D eigenvalue weighted by Crippen LogP contribution is 2.60. The lowest BCUT2D eigenvalue weighted by Crippen LogP contribution is -2.50. The molecule has 2 unspecified atom stereocenters. The normalized spacial score (nSPS) is 46.2. The van der Waals surface area contributed by atoms with Gasteiger partial charge in [-0.2, -0.15) is 0 Å². The quantitative estimate of drug-likeness (QED) is 0.809. The Morgan fingerprint density at radius 1 is 1.41 bits per heavy atom. The topological polar surface area (TPSA) is 38.7 Å². The van der Waals surface area contributed by atoms with Gasteiger partial charge in [0.2, 0.25) is 0 Å². The van der Waals surface area contributed by atoms with Crippen molar-refractivity contribution in [3.8, 4) is 0 Å². The second kappa shape index (κ2) is 3.94. The van der Waals surface area contributed by atoms with Crippen LogP contribution in [-0.4, -0.2) is 30.7 Å². The minimum atomic E-state index is -0.674. The zero-order chi connectivity index (χ0) is 12.9. The number of aliphatic hydroxyl groups is 1. The molecule has 0 aromatic carbocycles. The highest BCUT2D eigenvalue weighted by Gasteiger charge is 2.66. The molecule has 0 aromatic rings. The first-order valence-electron chi connectivity index (χ1n) is 6.60. The highest BCUT2D eigenvalue weighted by molar-refractivity contribution is 5.12. The zero-order valence-electron chi connectivity index (χ0n) is 11.7. The van der Waals surface area contributed by atoms with Gasteiger partial charge in [0.1, 0.15) is 5.60 Å². The third kappa shape index (κ3) is 1.83. The molecule has 1 saturated heterocycles. The molecule has 0 radical (unpaired) electrons. The van der Waals surface area contributed by atoms with Gasteiger partial charge in [-0.05, 0) is 30.6 Å². The maximum Gasteiger partial charge on any atom is 0.162 e. The van der Waals surface area contributed by atoms with Crippen LogP contribution in [0.5, 0.6) is 0 Å². The summed E-state index contributed by atoms with van der Waals surface area (Å²) in [5, 5.41) is 10.1. The molecule has 4 atom stereocenters. The van der Waals surface area contributed by atoms with Crippen LogP contribution in [0.2, 0.25) is 0 Å². The number of hydrogen-bond acceptors (Lipinski definition) is 3. The van der Waals surface area contributed by atoms with Crippen LogP contribution < -0.4 is 0 Å². The molecule has 1 heterocycles. The monoisotopic (exact) mass is 242 g/mol. The maximum absolute atomic E-state index is 10.1. The Hall–Kier alpha value is -0.120. The zero-order valence-corrected chi connectivity index (χ0v) is 11.7. The maximum atomic E-state index is 10.1. The van der Waals surface area contributed by atoms with Gasteiger partial charge in [-0.1, -0.05) is 27.7 Å². The van der Waals surface area contributed by atoms with Crippen LogP contribution >= 0.6 is 0 Å². The molecule has 1 aliphatic carbocycles. The van der Waals surface area contributed by atoms with E-state index in [0.717, 1.165) is 19.3 Å². The van der Waals surface area contributed by atoms with E-state index < -0.39 is 6.29 Å². The first kappa shape index (κ1) is 13.3. The van der Waals surface area contributed by atoms with Crippen molar-refractivity contribution >= 4 is 0 Å². The highest BCUT2D eigenvalue weighted by atomic mass is 16.6. The van der Waals surface area contributed by atoms with Gasteiger partial charge < -0.3 is 14.6 Å². The lowest BCUT2D eigenvalue weighted by Gasteiger charge is -2.41. The molecule has 0 aromatic heterocycles. The predicted octanol–water partition coefficient (Wildman–Crippen LogP) is 2.57. The fraction of sp³-hybridized carbons (Fsp3) is 1.00. The summed E-state index contributed by atoms with van der Waals surface area (Å²) in [6, 6.07) is 0. The molecule has 3 nitrogen and oxygen atoms in total. The Morgan fingerprint density at radius 2 is 2.06 bits per heavy atom. The number of ether oxygens (including phenoxy) is 2. The van der Waals surface area contributed by atoms with E-state index in [1.54, 1.807) is 7.11 Å². The number of aliphatic hydroxyl groups excluding tert-OH is 1. The first-order chi connectivity index (χ1) is 7.75. The largest absolute Gasteiger partial charge is 0.375 e. The standard InChI is InChI=1S/C14H26O3/c1-12(2,3)8-10-6-7-13(4)11(15)17-9-14(10,13)16-5/h10-11,15H,6-9H2,1-5H3/t10?,11?,13-,14-/m1/s1. The third-order valence-corrected chi connectivity index (χ3v) is 4.86. The Balaban J connectivity index is 2.27. The van der Waals surface area contributed by atoms with Crippen LogP contribution in [0, 0.1) is 16.7 Å². The van der Waals surface area contributed by atoms with E-state index in [1.807, 2.05) is 0 Å². The van der Waals surface area contributed by atoms with Crippen molar-refractivity contribution in [3.05, 3.63) is 0 Å². The molecule has 100 valence electrons. The minimum absolute atomic E-state index is 0.238. The number of fused-ring (bicyclic) bond motifs is 1. The minimum Gasteiger partial charge on any atom is -0.375 e. The summed E-state index contributed by atoms with van der Waals surface area (Å²) in [6.45, 7) is 9.42. The molecule has 0 spiro atoms. The molecule has 1 aliphatic heterocycles. The average molecular weight is 242 g/mol. The van der Waals surface area contributed by atoms with Gasteiger partial charge in [-0.15, -0.1) is 0 Å². The number of rotatable bonds is 2. The van der Waals surface area contributed by atoms with Crippen molar-refractivity contribution in [3.63, 3.8) is 0 Å². The second-order valence-electron chi connectivity index (χ2n) is 7.17. The summed E-state index contributed by atoms with van der Waals surface area (Å²) in [4.78, 5) is 0. The van der Waals surface area contributed by atoms with Crippen molar-refractivity contribution in [2.45, 2.75) is 58.8 Å². The molecule has 2 fully saturated rings. The van der Waals surface area contributed by atoms with E-state index in [4.69, 9.17) is 9.47 Å². The van der Waals surface area contributed by atoms with Crippen molar-refractivity contribution < 1.29 is 14.6 Å². The van der Waals surface area contributed by atoms with Gasteiger partial charge in [-0.25, -0.2) is 0 Å². The molecule has 2 aliphatic rings. The summed E-state index contributed by atoms with van der Waals surface area (Å²) in [6.07, 6.45) is 2.56. The van der Waals surface area contributed by atoms with E-state index >= 15 is 0 Å². The van der Waals surface area contributed by atoms with Gasteiger partial charge in [0.25, 0.3) is 0 Å². The van der Waals surface area contributed by atoms with Crippen LogP contribution in [-0.2, 0) is 9.47 Å². The van der Waals surface area contributed by atoms with E-state index in [2.05, 4.69) is 27.7 Å². The molecule has 1 N–H and O–H groups in total.